The highest BCUT2D eigenvalue weighted by Gasteiger charge is 2.33. The maximum Gasteiger partial charge on any atom is 0.256 e. The third kappa shape index (κ3) is 4.34. The van der Waals surface area contributed by atoms with E-state index < -0.39 is 9.84 Å². The van der Waals surface area contributed by atoms with Gasteiger partial charge in [-0.1, -0.05) is 6.07 Å². The van der Waals surface area contributed by atoms with Gasteiger partial charge in [0, 0.05) is 11.1 Å². The number of carbonyl (C=O) groups is 1. The summed E-state index contributed by atoms with van der Waals surface area (Å²) in [5.41, 5.74) is 4.46. The zero-order valence-electron chi connectivity index (χ0n) is 18.0. The Morgan fingerprint density at radius 1 is 1.06 bits per heavy atom. The van der Waals surface area contributed by atoms with E-state index in [1.807, 2.05) is 45.9 Å². The first-order chi connectivity index (χ1) is 14.6. The summed E-state index contributed by atoms with van der Waals surface area (Å²) >= 11 is 0. The molecule has 0 atom stereocenters. The second-order valence-corrected chi connectivity index (χ2v) is 10.2. The van der Waals surface area contributed by atoms with Crippen molar-refractivity contribution in [3.63, 3.8) is 0 Å². The zero-order valence-corrected chi connectivity index (χ0v) is 18.8. The number of aryl methyl sites for hydroxylation is 2. The number of hydrogen-bond donors (Lipinski definition) is 1. The first kappa shape index (κ1) is 21.1. The quantitative estimate of drug-likeness (QED) is 0.650. The van der Waals surface area contributed by atoms with Gasteiger partial charge in [-0.2, -0.15) is 5.10 Å². The minimum absolute atomic E-state index is 0.0385. The summed E-state index contributed by atoms with van der Waals surface area (Å²) in [5.74, 6) is 0.479. The molecule has 0 unspecified atom stereocenters. The van der Waals surface area contributed by atoms with Crippen LogP contribution >= 0.6 is 0 Å². The normalized spacial score (nSPS) is 14.5. The lowest BCUT2D eigenvalue weighted by molar-refractivity contribution is 0.102. The van der Waals surface area contributed by atoms with Crippen molar-refractivity contribution >= 4 is 21.6 Å². The molecule has 0 aliphatic carbocycles. The van der Waals surface area contributed by atoms with Crippen molar-refractivity contribution in [2.45, 2.75) is 45.3 Å². The molecule has 7 nitrogen and oxygen atoms in total. The van der Waals surface area contributed by atoms with Gasteiger partial charge in [0.1, 0.15) is 11.6 Å². The number of carbonyl (C=O) groups excluding carboxylic acids is 1. The number of rotatable bonds is 5. The standard InChI is InChI=1S/C23H25N3O4S/c1-14(2)30-19-9-6-17(7-10-19)23(27)24-22-20-12-31(28,29)13-21(20)25-26(22)18-8-5-15(3)16(4)11-18/h5-11,14H,12-13H2,1-4H3,(H,24,27). The lowest BCUT2D eigenvalue weighted by Crippen LogP contribution is -2.17. The third-order valence-corrected chi connectivity index (χ3v) is 6.68. The van der Waals surface area contributed by atoms with Gasteiger partial charge in [-0.3, -0.25) is 4.79 Å². The van der Waals surface area contributed by atoms with Crippen LogP contribution in [0.15, 0.2) is 42.5 Å². The average molecular weight is 440 g/mol. The van der Waals surface area contributed by atoms with E-state index in [4.69, 9.17) is 4.74 Å². The van der Waals surface area contributed by atoms with Crippen LogP contribution in [0.4, 0.5) is 5.82 Å². The molecule has 0 saturated carbocycles. The topological polar surface area (TPSA) is 90.3 Å². The number of hydrogen-bond acceptors (Lipinski definition) is 5. The molecule has 0 fully saturated rings. The maximum absolute atomic E-state index is 13.0. The minimum Gasteiger partial charge on any atom is -0.491 e. The Bertz CT molecular complexity index is 1260. The molecule has 2 heterocycles. The number of ether oxygens (including phenoxy) is 1. The van der Waals surface area contributed by atoms with Gasteiger partial charge in [0.15, 0.2) is 9.84 Å². The summed E-state index contributed by atoms with van der Waals surface area (Å²) in [4.78, 5) is 13.0. The highest BCUT2D eigenvalue weighted by Crippen LogP contribution is 2.33. The molecule has 1 aliphatic heterocycles. The second-order valence-electron chi connectivity index (χ2n) is 8.13. The van der Waals surface area contributed by atoms with Crippen LogP contribution in [0, 0.1) is 13.8 Å². The van der Waals surface area contributed by atoms with Crippen LogP contribution in [-0.2, 0) is 21.3 Å². The summed E-state index contributed by atoms with van der Waals surface area (Å²) in [6.45, 7) is 7.88. The molecule has 31 heavy (non-hydrogen) atoms. The predicted molar refractivity (Wildman–Crippen MR) is 120 cm³/mol. The number of aromatic nitrogens is 2. The minimum atomic E-state index is -3.26. The molecule has 1 aromatic heterocycles. The number of nitrogens with one attached hydrogen (secondary N) is 1. The van der Waals surface area contributed by atoms with Crippen LogP contribution < -0.4 is 10.1 Å². The average Bonchev–Trinajstić information content (AvgIpc) is 3.16. The summed E-state index contributed by atoms with van der Waals surface area (Å²) < 4.78 is 31.6. The van der Waals surface area contributed by atoms with Crippen molar-refractivity contribution in [3.05, 3.63) is 70.4 Å². The van der Waals surface area contributed by atoms with E-state index in [-0.39, 0.29) is 23.5 Å². The number of amides is 1. The fourth-order valence-corrected chi connectivity index (χ4v) is 5.05. The van der Waals surface area contributed by atoms with Crippen LogP contribution in [0.5, 0.6) is 5.75 Å². The third-order valence-electron chi connectivity index (χ3n) is 5.24. The van der Waals surface area contributed by atoms with Gasteiger partial charge in [0.2, 0.25) is 0 Å². The summed E-state index contributed by atoms with van der Waals surface area (Å²) in [6.07, 6.45) is 0.0385. The number of sulfone groups is 1. The predicted octanol–water partition coefficient (Wildman–Crippen LogP) is 3.96. The van der Waals surface area contributed by atoms with Gasteiger partial charge in [-0.05, 0) is 75.2 Å². The van der Waals surface area contributed by atoms with E-state index in [9.17, 15) is 13.2 Å². The highest BCUT2D eigenvalue weighted by atomic mass is 32.2. The van der Waals surface area contributed by atoms with E-state index >= 15 is 0 Å². The van der Waals surface area contributed by atoms with Gasteiger partial charge < -0.3 is 10.1 Å². The number of anilines is 1. The number of fused-ring (bicyclic) bond motifs is 1. The van der Waals surface area contributed by atoms with Gasteiger partial charge in [0.05, 0.1) is 29.0 Å². The zero-order chi connectivity index (χ0) is 22.3. The molecular weight excluding hydrogens is 414 g/mol. The smallest absolute Gasteiger partial charge is 0.256 e. The fraction of sp³-hybridized carbons (Fsp3) is 0.304. The monoisotopic (exact) mass is 439 g/mol. The van der Waals surface area contributed by atoms with Crippen molar-refractivity contribution in [1.29, 1.82) is 0 Å². The SMILES string of the molecule is Cc1ccc(-n2nc3c(c2NC(=O)c2ccc(OC(C)C)cc2)CS(=O)(=O)C3)cc1C. The second kappa shape index (κ2) is 7.85. The summed E-state index contributed by atoms with van der Waals surface area (Å²) in [7, 11) is -3.26. The van der Waals surface area contributed by atoms with Crippen molar-refractivity contribution in [3.8, 4) is 11.4 Å². The summed E-state index contributed by atoms with van der Waals surface area (Å²) in [6, 6.07) is 12.7. The van der Waals surface area contributed by atoms with Crippen LogP contribution in [0.2, 0.25) is 0 Å². The molecule has 1 aliphatic rings. The van der Waals surface area contributed by atoms with E-state index in [0.29, 0.717) is 28.4 Å². The van der Waals surface area contributed by atoms with E-state index in [2.05, 4.69) is 10.4 Å². The Kier molecular flexibility index (Phi) is 5.35. The van der Waals surface area contributed by atoms with Crippen molar-refractivity contribution in [2.75, 3.05) is 5.32 Å². The summed E-state index contributed by atoms with van der Waals surface area (Å²) in [5, 5.41) is 7.42. The molecule has 0 saturated heterocycles. The van der Waals surface area contributed by atoms with E-state index in [1.165, 1.54) is 0 Å². The molecule has 1 N–H and O–H groups in total. The molecule has 2 aromatic carbocycles. The molecular formula is C23H25N3O4S. The molecule has 4 rings (SSSR count). The first-order valence-corrected chi connectivity index (χ1v) is 11.9. The van der Waals surface area contributed by atoms with Gasteiger partial charge in [0.25, 0.3) is 5.91 Å². The highest BCUT2D eigenvalue weighted by molar-refractivity contribution is 7.90. The fourth-order valence-electron chi connectivity index (χ4n) is 3.55. The Hall–Kier alpha value is -3.13. The van der Waals surface area contributed by atoms with Crippen LogP contribution in [0.3, 0.4) is 0 Å². The van der Waals surface area contributed by atoms with E-state index in [0.717, 1.165) is 16.8 Å². The van der Waals surface area contributed by atoms with E-state index in [1.54, 1.807) is 28.9 Å². The lowest BCUT2D eigenvalue weighted by Gasteiger charge is -2.13. The molecule has 8 heteroatoms. The number of benzene rings is 2. The molecule has 1 amide bonds. The molecule has 0 bridgehead atoms. The molecule has 162 valence electrons. The molecule has 0 spiro atoms. The van der Waals surface area contributed by atoms with Crippen LogP contribution in [-0.4, -0.2) is 30.2 Å². The molecule has 3 aromatic rings. The number of nitrogens with zero attached hydrogens (tertiary/aromatic N) is 2. The molecule has 0 radical (unpaired) electrons. The Balaban J connectivity index is 1.70. The van der Waals surface area contributed by atoms with Crippen molar-refractivity contribution in [1.82, 2.24) is 9.78 Å². The van der Waals surface area contributed by atoms with Gasteiger partial charge in [-0.25, -0.2) is 13.1 Å². The van der Waals surface area contributed by atoms with Gasteiger partial charge >= 0.3 is 0 Å². The van der Waals surface area contributed by atoms with Gasteiger partial charge in [-0.15, -0.1) is 0 Å². The van der Waals surface area contributed by atoms with Crippen LogP contribution in [0.25, 0.3) is 5.69 Å². The Labute approximate surface area is 182 Å². The first-order valence-electron chi connectivity index (χ1n) is 10.1. The Morgan fingerprint density at radius 2 is 1.77 bits per heavy atom. The lowest BCUT2D eigenvalue weighted by atomic mass is 10.1. The Morgan fingerprint density at radius 3 is 2.42 bits per heavy atom. The largest absolute Gasteiger partial charge is 0.491 e. The maximum atomic E-state index is 13.0. The van der Waals surface area contributed by atoms with Crippen molar-refractivity contribution in [2.24, 2.45) is 0 Å². The van der Waals surface area contributed by atoms with Crippen molar-refractivity contribution < 1.29 is 17.9 Å². The van der Waals surface area contributed by atoms with Crippen LogP contribution in [0.1, 0.15) is 46.6 Å².